The summed E-state index contributed by atoms with van der Waals surface area (Å²) in [5.41, 5.74) is 5.73. The number of rotatable bonds is 5. The number of nitrogens with two attached hydrogens (primary N) is 1. The van der Waals surface area contributed by atoms with Gasteiger partial charge in [-0.3, -0.25) is 4.79 Å². The number of carbonyl (C=O) groups is 1. The molecular weight excluding hydrogens is 230 g/mol. The highest BCUT2D eigenvalue weighted by Crippen LogP contribution is 2.17. The number of carbonyl (C=O) groups excluding carboxylic acids is 1. The van der Waals surface area contributed by atoms with Crippen LogP contribution >= 0.6 is 0 Å². The molecule has 1 atom stereocenters. The molecule has 5 nitrogen and oxygen atoms in total. The van der Waals surface area contributed by atoms with E-state index in [0.29, 0.717) is 17.3 Å². The molecule has 1 aromatic heterocycles. The van der Waals surface area contributed by atoms with Gasteiger partial charge in [0.1, 0.15) is 5.82 Å². The summed E-state index contributed by atoms with van der Waals surface area (Å²) in [5.74, 6) is 0.723. The van der Waals surface area contributed by atoms with E-state index in [1.54, 1.807) is 18.3 Å². The maximum atomic E-state index is 11.2. The van der Waals surface area contributed by atoms with Crippen LogP contribution in [-0.2, 0) is 4.74 Å². The second-order valence-corrected chi connectivity index (χ2v) is 4.56. The smallest absolute Gasteiger partial charge is 0.252 e. The Bertz CT molecular complexity index is 403. The summed E-state index contributed by atoms with van der Waals surface area (Å²) in [6.45, 7) is 2.51. The molecule has 1 saturated heterocycles. The summed E-state index contributed by atoms with van der Waals surface area (Å²) in [7, 11) is 0. The number of primary amides is 1. The Morgan fingerprint density at radius 3 is 3.22 bits per heavy atom. The van der Waals surface area contributed by atoms with Gasteiger partial charge in [-0.2, -0.15) is 0 Å². The van der Waals surface area contributed by atoms with Crippen LogP contribution in [0.15, 0.2) is 18.3 Å². The molecule has 0 saturated carbocycles. The molecule has 2 rings (SSSR count). The SMILES string of the molecule is NC(=O)c1cccnc1NCC[C@@H]1CCCOC1. The molecule has 5 heteroatoms. The Labute approximate surface area is 107 Å². The van der Waals surface area contributed by atoms with Crippen molar-refractivity contribution in [1.82, 2.24) is 4.98 Å². The quantitative estimate of drug-likeness (QED) is 0.827. The first-order valence-electron chi connectivity index (χ1n) is 6.34. The first-order valence-corrected chi connectivity index (χ1v) is 6.34. The number of hydrogen-bond donors (Lipinski definition) is 2. The highest BCUT2D eigenvalue weighted by molar-refractivity contribution is 5.97. The minimum absolute atomic E-state index is 0.442. The van der Waals surface area contributed by atoms with Gasteiger partial charge >= 0.3 is 0 Å². The van der Waals surface area contributed by atoms with Gasteiger partial charge in [-0.05, 0) is 37.3 Å². The van der Waals surface area contributed by atoms with Crippen molar-refractivity contribution >= 4 is 11.7 Å². The van der Waals surface area contributed by atoms with Crippen molar-refractivity contribution in [3.63, 3.8) is 0 Å². The molecule has 1 aromatic rings. The number of nitrogens with zero attached hydrogens (tertiary/aromatic N) is 1. The fraction of sp³-hybridized carbons (Fsp3) is 0.538. The molecule has 1 amide bonds. The lowest BCUT2D eigenvalue weighted by Gasteiger charge is -2.22. The Hall–Kier alpha value is -1.62. The molecule has 1 fully saturated rings. The molecule has 3 N–H and O–H groups in total. The molecule has 0 aliphatic carbocycles. The number of hydrogen-bond acceptors (Lipinski definition) is 4. The van der Waals surface area contributed by atoms with Gasteiger partial charge < -0.3 is 15.8 Å². The molecule has 1 aliphatic heterocycles. The Morgan fingerprint density at radius 2 is 2.50 bits per heavy atom. The van der Waals surface area contributed by atoms with Gasteiger partial charge in [0.05, 0.1) is 5.56 Å². The van der Waals surface area contributed by atoms with Crippen LogP contribution in [0.25, 0.3) is 0 Å². The number of pyridine rings is 1. The zero-order valence-electron chi connectivity index (χ0n) is 10.4. The van der Waals surface area contributed by atoms with Gasteiger partial charge in [-0.15, -0.1) is 0 Å². The maximum absolute atomic E-state index is 11.2. The van der Waals surface area contributed by atoms with E-state index in [2.05, 4.69) is 10.3 Å². The van der Waals surface area contributed by atoms with Crippen molar-refractivity contribution in [2.45, 2.75) is 19.3 Å². The Kier molecular flexibility index (Phi) is 4.52. The van der Waals surface area contributed by atoms with Gasteiger partial charge in [-0.1, -0.05) is 0 Å². The van der Waals surface area contributed by atoms with E-state index in [1.807, 2.05) is 0 Å². The van der Waals surface area contributed by atoms with Gasteiger partial charge in [0.2, 0.25) is 0 Å². The zero-order chi connectivity index (χ0) is 12.8. The van der Waals surface area contributed by atoms with Crippen molar-refractivity contribution in [2.75, 3.05) is 25.1 Å². The first kappa shape index (κ1) is 12.8. The summed E-state index contributed by atoms with van der Waals surface area (Å²) >= 11 is 0. The van der Waals surface area contributed by atoms with Crippen molar-refractivity contribution in [1.29, 1.82) is 0 Å². The molecule has 0 radical (unpaired) electrons. The largest absolute Gasteiger partial charge is 0.381 e. The summed E-state index contributed by atoms with van der Waals surface area (Å²) < 4.78 is 5.43. The number of anilines is 1. The Morgan fingerprint density at radius 1 is 1.61 bits per heavy atom. The lowest BCUT2D eigenvalue weighted by atomic mass is 9.99. The van der Waals surface area contributed by atoms with Crippen LogP contribution in [0.4, 0.5) is 5.82 Å². The Balaban J connectivity index is 1.84. The van der Waals surface area contributed by atoms with E-state index in [9.17, 15) is 4.79 Å². The van der Waals surface area contributed by atoms with Crippen LogP contribution in [0.3, 0.4) is 0 Å². The van der Waals surface area contributed by atoms with Crippen molar-refractivity contribution in [2.24, 2.45) is 11.7 Å². The van der Waals surface area contributed by atoms with Gasteiger partial charge in [-0.25, -0.2) is 4.98 Å². The highest BCUT2D eigenvalue weighted by Gasteiger charge is 2.14. The van der Waals surface area contributed by atoms with Crippen LogP contribution < -0.4 is 11.1 Å². The van der Waals surface area contributed by atoms with Crippen molar-refractivity contribution in [3.05, 3.63) is 23.9 Å². The fourth-order valence-corrected chi connectivity index (χ4v) is 2.17. The minimum atomic E-state index is -0.452. The fourth-order valence-electron chi connectivity index (χ4n) is 2.17. The second kappa shape index (κ2) is 6.35. The van der Waals surface area contributed by atoms with Crippen LogP contribution in [-0.4, -0.2) is 30.6 Å². The molecule has 0 unspecified atom stereocenters. The van der Waals surface area contributed by atoms with E-state index in [0.717, 1.165) is 32.6 Å². The molecule has 0 bridgehead atoms. The summed E-state index contributed by atoms with van der Waals surface area (Å²) in [6, 6.07) is 3.39. The van der Waals surface area contributed by atoms with Crippen LogP contribution in [0.5, 0.6) is 0 Å². The average molecular weight is 249 g/mol. The van der Waals surface area contributed by atoms with E-state index in [4.69, 9.17) is 10.5 Å². The predicted molar refractivity (Wildman–Crippen MR) is 69.4 cm³/mol. The molecule has 1 aliphatic rings. The normalized spacial score (nSPS) is 19.4. The minimum Gasteiger partial charge on any atom is -0.381 e. The first-order chi connectivity index (χ1) is 8.77. The lowest BCUT2D eigenvalue weighted by Crippen LogP contribution is -2.21. The summed E-state index contributed by atoms with van der Waals surface area (Å²) in [5, 5.41) is 3.17. The molecule has 0 spiro atoms. The van der Waals surface area contributed by atoms with Gasteiger partial charge in [0, 0.05) is 26.0 Å². The van der Waals surface area contributed by atoms with Crippen molar-refractivity contribution < 1.29 is 9.53 Å². The third-order valence-corrected chi connectivity index (χ3v) is 3.17. The van der Waals surface area contributed by atoms with Crippen LogP contribution in [0.1, 0.15) is 29.6 Å². The van der Waals surface area contributed by atoms with Gasteiger partial charge in [0.25, 0.3) is 5.91 Å². The van der Waals surface area contributed by atoms with E-state index >= 15 is 0 Å². The lowest BCUT2D eigenvalue weighted by molar-refractivity contribution is 0.0530. The molecule has 0 aromatic carbocycles. The number of amides is 1. The number of ether oxygens (including phenoxy) is 1. The number of aromatic nitrogens is 1. The van der Waals surface area contributed by atoms with E-state index in [1.165, 1.54) is 6.42 Å². The molecule has 98 valence electrons. The van der Waals surface area contributed by atoms with Crippen LogP contribution in [0.2, 0.25) is 0 Å². The molecular formula is C13H19N3O2. The topological polar surface area (TPSA) is 77.2 Å². The highest BCUT2D eigenvalue weighted by atomic mass is 16.5. The third-order valence-electron chi connectivity index (χ3n) is 3.17. The van der Waals surface area contributed by atoms with Crippen molar-refractivity contribution in [3.8, 4) is 0 Å². The third kappa shape index (κ3) is 3.43. The molecule has 2 heterocycles. The summed E-state index contributed by atoms with van der Waals surface area (Å²) in [4.78, 5) is 15.3. The second-order valence-electron chi connectivity index (χ2n) is 4.56. The predicted octanol–water partition coefficient (Wildman–Crippen LogP) is 1.41. The van der Waals surface area contributed by atoms with Crippen LogP contribution in [0, 0.1) is 5.92 Å². The summed E-state index contributed by atoms with van der Waals surface area (Å²) in [6.07, 6.45) is 5.03. The molecule has 18 heavy (non-hydrogen) atoms. The number of nitrogens with one attached hydrogen (secondary N) is 1. The zero-order valence-corrected chi connectivity index (χ0v) is 10.4. The van der Waals surface area contributed by atoms with E-state index in [-0.39, 0.29) is 0 Å². The maximum Gasteiger partial charge on any atom is 0.252 e. The monoisotopic (exact) mass is 249 g/mol. The van der Waals surface area contributed by atoms with E-state index < -0.39 is 5.91 Å². The average Bonchev–Trinajstić information content (AvgIpc) is 2.40. The standard InChI is InChI=1S/C13H19N3O2/c14-12(17)11-4-1-6-15-13(11)16-7-5-10-3-2-8-18-9-10/h1,4,6,10H,2-3,5,7-9H2,(H2,14,17)(H,15,16)/t10-/m0/s1. The van der Waals surface area contributed by atoms with Gasteiger partial charge in [0.15, 0.2) is 0 Å².